The van der Waals surface area contributed by atoms with Gasteiger partial charge in [0, 0.05) is 30.3 Å². The molecule has 162 valence electrons. The highest BCUT2D eigenvalue weighted by molar-refractivity contribution is 6.01. The van der Waals surface area contributed by atoms with Crippen molar-refractivity contribution >= 4 is 23.3 Å². The highest BCUT2D eigenvalue weighted by atomic mass is 16.5. The highest BCUT2D eigenvalue weighted by Gasteiger charge is 2.44. The Kier molecular flexibility index (Phi) is 4.51. The van der Waals surface area contributed by atoms with E-state index in [0.717, 1.165) is 40.4 Å². The second-order valence-corrected chi connectivity index (χ2v) is 9.04. The summed E-state index contributed by atoms with van der Waals surface area (Å²) in [7, 11) is 0. The third-order valence-corrected chi connectivity index (χ3v) is 6.60. The minimum absolute atomic E-state index is 0.0147. The molecule has 1 N–H and O–H groups in total. The standard InChI is InChI=1S/C23H27N5O3/c1-13-12-31-9-8-27(13)22-17-11-28(14(2)29)23(3,4)20(17)25-21(26-22)15-6-5-7-18-16(15)10-19(30)24-18/h5-7,13H,8-12H2,1-4H3,(H,24,30)/t13-/m1/s1. The summed E-state index contributed by atoms with van der Waals surface area (Å²) in [6.07, 6.45) is 0.318. The zero-order valence-electron chi connectivity index (χ0n) is 18.4. The van der Waals surface area contributed by atoms with Gasteiger partial charge in [-0.05, 0) is 32.4 Å². The maximum Gasteiger partial charge on any atom is 0.228 e. The molecular weight excluding hydrogens is 394 g/mol. The number of benzene rings is 1. The van der Waals surface area contributed by atoms with Crippen LogP contribution in [0.1, 0.15) is 44.5 Å². The lowest BCUT2D eigenvalue weighted by Gasteiger charge is -2.35. The van der Waals surface area contributed by atoms with Gasteiger partial charge in [-0.2, -0.15) is 0 Å². The number of nitrogens with one attached hydrogen (secondary N) is 1. The average Bonchev–Trinajstić information content (AvgIpc) is 3.24. The number of amides is 2. The van der Waals surface area contributed by atoms with E-state index in [9.17, 15) is 9.59 Å². The second-order valence-electron chi connectivity index (χ2n) is 9.04. The smallest absolute Gasteiger partial charge is 0.228 e. The van der Waals surface area contributed by atoms with Crippen LogP contribution in [0.5, 0.6) is 0 Å². The molecule has 3 aliphatic heterocycles. The quantitative estimate of drug-likeness (QED) is 0.802. The van der Waals surface area contributed by atoms with Crippen molar-refractivity contribution in [1.29, 1.82) is 0 Å². The van der Waals surface area contributed by atoms with Crippen molar-refractivity contribution in [2.45, 2.75) is 52.2 Å². The first-order valence-corrected chi connectivity index (χ1v) is 10.7. The molecule has 0 aliphatic carbocycles. The lowest BCUT2D eigenvalue weighted by Crippen LogP contribution is -2.44. The molecule has 8 nitrogen and oxygen atoms in total. The van der Waals surface area contributed by atoms with Crippen molar-refractivity contribution < 1.29 is 14.3 Å². The predicted octanol–water partition coefficient (Wildman–Crippen LogP) is 2.46. The Labute approximate surface area is 181 Å². The Hall–Kier alpha value is -3.00. The molecule has 0 saturated carbocycles. The van der Waals surface area contributed by atoms with Crippen molar-refractivity contribution in [3.8, 4) is 11.4 Å². The van der Waals surface area contributed by atoms with Crippen LogP contribution < -0.4 is 10.2 Å². The summed E-state index contributed by atoms with van der Waals surface area (Å²) in [6.45, 7) is 10.3. The van der Waals surface area contributed by atoms with Crippen LogP contribution in [0.2, 0.25) is 0 Å². The SMILES string of the molecule is CC(=O)N1Cc2c(N3CCOC[C@H]3C)nc(-c3cccc4c3CC(=O)N4)nc2C1(C)C. The van der Waals surface area contributed by atoms with Gasteiger partial charge >= 0.3 is 0 Å². The van der Waals surface area contributed by atoms with Crippen LogP contribution in [0.25, 0.3) is 11.4 Å². The fraction of sp³-hybridized carbons (Fsp3) is 0.478. The first kappa shape index (κ1) is 19.9. The van der Waals surface area contributed by atoms with Gasteiger partial charge in [0.25, 0.3) is 0 Å². The predicted molar refractivity (Wildman–Crippen MR) is 117 cm³/mol. The molecule has 3 aliphatic rings. The van der Waals surface area contributed by atoms with Gasteiger partial charge in [0.2, 0.25) is 11.8 Å². The van der Waals surface area contributed by atoms with E-state index in [0.29, 0.717) is 32.0 Å². The van der Waals surface area contributed by atoms with Crippen molar-refractivity contribution in [3.05, 3.63) is 35.0 Å². The molecule has 0 bridgehead atoms. The molecule has 31 heavy (non-hydrogen) atoms. The Balaban J connectivity index is 1.72. The van der Waals surface area contributed by atoms with Crippen LogP contribution in [0.15, 0.2) is 18.2 Å². The molecule has 0 radical (unpaired) electrons. The molecule has 1 aromatic carbocycles. The van der Waals surface area contributed by atoms with E-state index in [1.165, 1.54) is 0 Å². The summed E-state index contributed by atoms with van der Waals surface area (Å²) in [6, 6.07) is 5.96. The zero-order valence-corrected chi connectivity index (χ0v) is 18.4. The lowest BCUT2D eigenvalue weighted by atomic mass is 9.98. The number of nitrogens with zero attached hydrogens (tertiary/aromatic N) is 4. The summed E-state index contributed by atoms with van der Waals surface area (Å²) < 4.78 is 5.64. The van der Waals surface area contributed by atoms with Crippen LogP contribution >= 0.6 is 0 Å². The maximum atomic E-state index is 12.4. The first-order valence-electron chi connectivity index (χ1n) is 10.7. The van der Waals surface area contributed by atoms with E-state index in [1.54, 1.807) is 6.92 Å². The van der Waals surface area contributed by atoms with Gasteiger partial charge < -0.3 is 19.9 Å². The van der Waals surface area contributed by atoms with E-state index >= 15 is 0 Å². The normalized spacial score (nSPS) is 21.7. The minimum Gasteiger partial charge on any atom is -0.377 e. The minimum atomic E-state index is -0.546. The van der Waals surface area contributed by atoms with Crippen molar-refractivity contribution in [3.63, 3.8) is 0 Å². The van der Waals surface area contributed by atoms with Crippen molar-refractivity contribution in [1.82, 2.24) is 14.9 Å². The Morgan fingerprint density at radius 1 is 1.26 bits per heavy atom. The summed E-state index contributed by atoms with van der Waals surface area (Å²) in [5.74, 6) is 1.46. The van der Waals surface area contributed by atoms with E-state index < -0.39 is 5.54 Å². The van der Waals surface area contributed by atoms with Gasteiger partial charge in [0.1, 0.15) is 5.82 Å². The Bertz CT molecular complexity index is 1100. The Morgan fingerprint density at radius 3 is 2.81 bits per heavy atom. The largest absolute Gasteiger partial charge is 0.377 e. The fourth-order valence-electron chi connectivity index (χ4n) is 4.97. The van der Waals surface area contributed by atoms with Crippen LogP contribution in [0.4, 0.5) is 11.5 Å². The summed E-state index contributed by atoms with van der Waals surface area (Å²) in [4.78, 5) is 38.6. The summed E-state index contributed by atoms with van der Waals surface area (Å²) >= 11 is 0. The number of hydrogen-bond donors (Lipinski definition) is 1. The summed E-state index contributed by atoms with van der Waals surface area (Å²) in [5, 5.41) is 2.91. The number of carbonyl (C=O) groups excluding carboxylic acids is 2. The van der Waals surface area contributed by atoms with Crippen molar-refractivity contribution in [2.75, 3.05) is 30.0 Å². The number of carbonyl (C=O) groups is 2. The van der Waals surface area contributed by atoms with E-state index in [2.05, 4.69) is 17.1 Å². The molecule has 1 atom stereocenters. The Morgan fingerprint density at radius 2 is 2.06 bits per heavy atom. The second kappa shape index (κ2) is 7.02. The lowest BCUT2D eigenvalue weighted by molar-refractivity contribution is -0.134. The molecule has 8 heteroatoms. The van der Waals surface area contributed by atoms with E-state index in [4.69, 9.17) is 14.7 Å². The highest BCUT2D eigenvalue weighted by Crippen LogP contribution is 2.43. The zero-order chi connectivity index (χ0) is 21.9. The van der Waals surface area contributed by atoms with Gasteiger partial charge in [-0.3, -0.25) is 9.59 Å². The molecule has 1 saturated heterocycles. The molecule has 2 aromatic rings. The molecule has 4 heterocycles. The fourth-order valence-corrected chi connectivity index (χ4v) is 4.97. The number of rotatable bonds is 2. The number of anilines is 2. The van der Waals surface area contributed by atoms with Gasteiger partial charge in [-0.15, -0.1) is 0 Å². The van der Waals surface area contributed by atoms with Crippen LogP contribution in [0.3, 0.4) is 0 Å². The topological polar surface area (TPSA) is 87.7 Å². The number of fused-ring (bicyclic) bond motifs is 2. The average molecular weight is 422 g/mol. The van der Waals surface area contributed by atoms with E-state index in [-0.39, 0.29) is 17.9 Å². The van der Waals surface area contributed by atoms with Crippen LogP contribution in [-0.2, 0) is 32.8 Å². The van der Waals surface area contributed by atoms with Crippen LogP contribution in [-0.4, -0.2) is 52.5 Å². The molecule has 2 amide bonds. The number of morpholine rings is 1. The first-order chi connectivity index (χ1) is 14.8. The van der Waals surface area contributed by atoms with Gasteiger partial charge in [0.15, 0.2) is 5.82 Å². The maximum absolute atomic E-state index is 12.4. The van der Waals surface area contributed by atoms with Crippen LogP contribution in [0, 0.1) is 0 Å². The van der Waals surface area contributed by atoms with Crippen molar-refractivity contribution in [2.24, 2.45) is 0 Å². The summed E-state index contributed by atoms with van der Waals surface area (Å²) in [5.41, 5.74) is 3.92. The third kappa shape index (κ3) is 3.08. The molecule has 1 aromatic heterocycles. The van der Waals surface area contributed by atoms with Gasteiger partial charge in [-0.25, -0.2) is 9.97 Å². The molecule has 5 rings (SSSR count). The number of aromatic nitrogens is 2. The number of hydrogen-bond acceptors (Lipinski definition) is 6. The third-order valence-electron chi connectivity index (χ3n) is 6.60. The van der Waals surface area contributed by atoms with Gasteiger partial charge in [0.05, 0.1) is 43.5 Å². The number of ether oxygens (including phenoxy) is 1. The monoisotopic (exact) mass is 421 g/mol. The molecule has 0 spiro atoms. The molecular formula is C23H27N5O3. The van der Waals surface area contributed by atoms with Gasteiger partial charge in [-0.1, -0.05) is 12.1 Å². The molecule has 0 unspecified atom stereocenters. The molecule has 1 fully saturated rings. The van der Waals surface area contributed by atoms with E-state index in [1.807, 2.05) is 36.9 Å².